The quantitative estimate of drug-likeness (QED) is 0.541. The van der Waals surface area contributed by atoms with Gasteiger partial charge in [0.15, 0.2) is 0 Å². The second-order valence-electron chi connectivity index (χ2n) is 8.96. The van der Waals surface area contributed by atoms with Crippen LogP contribution in [-0.2, 0) is 0 Å². The summed E-state index contributed by atoms with van der Waals surface area (Å²) in [7, 11) is 0. The Hall–Kier alpha value is -3.74. The third-order valence-corrected chi connectivity index (χ3v) is 6.79. The van der Waals surface area contributed by atoms with Crippen molar-refractivity contribution < 1.29 is 9.53 Å². The van der Waals surface area contributed by atoms with E-state index in [-0.39, 0.29) is 6.04 Å². The minimum Gasteiger partial charge on any atom is -0.457 e. The van der Waals surface area contributed by atoms with Crippen LogP contribution in [0.3, 0.4) is 0 Å². The number of fused-ring (bicyclic) bond motifs is 1. The Balaban J connectivity index is 1.42. The van der Waals surface area contributed by atoms with Crippen LogP contribution in [0.2, 0.25) is 0 Å². The van der Waals surface area contributed by atoms with Crippen molar-refractivity contribution >= 4 is 11.7 Å². The maximum absolute atomic E-state index is 12.5. The minimum atomic E-state index is -0.461. The van der Waals surface area contributed by atoms with E-state index in [0.29, 0.717) is 17.2 Å². The molecule has 2 aliphatic rings. The Morgan fingerprint density at radius 1 is 1.06 bits per heavy atom. The van der Waals surface area contributed by atoms with Crippen molar-refractivity contribution in [3.05, 3.63) is 72.4 Å². The van der Waals surface area contributed by atoms with Crippen LogP contribution in [0.1, 0.15) is 42.6 Å². The Morgan fingerprint density at radius 2 is 1.76 bits per heavy atom. The second kappa shape index (κ2) is 9.63. The number of allylic oxidation sites excluding steroid dienone is 1. The zero-order chi connectivity index (χ0) is 23.5. The van der Waals surface area contributed by atoms with Gasteiger partial charge in [-0.3, -0.25) is 4.79 Å². The first-order valence-corrected chi connectivity index (χ1v) is 12.0. The van der Waals surface area contributed by atoms with Crippen molar-refractivity contribution in [2.75, 3.05) is 25.0 Å². The number of aromatic nitrogens is 2. The van der Waals surface area contributed by atoms with E-state index in [1.165, 1.54) is 0 Å². The van der Waals surface area contributed by atoms with Gasteiger partial charge < -0.3 is 20.7 Å². The number of likely N-dealkylation sites (tertiary alicyclic amines) is 1. The summed E-state index contributed by atoms with van der Waals surface area (Å²) in [6, 6.07) is 17.6. The SMILES string of the molecule is CC=CN1CCC([C@@H]2CCNc3c(C(N)=O)c(-c4ccc(Oc5ccccc5)cc4)nn32)CC1. The van der Waals surface area contributed by atoms with Gasteiger partial charge in [-0.25, -0.2) is 4.68 Å². The van der Waals surface area contributed by atoms with Crippen molar-refractivity contribution in [3.8, 4) is 22.8 Å². The highest BCUT2D eigenvalue weighted by Crippen LogP contribution is 2.40. The molecule has 176 valence electrons. The monoisotopic (exact) mass is 457 g/mol. The molecule has 0 radical (unpaired) electrons. The maximum Gasteiger partial charge on any atom is 0.254 e. The zero-order valence-corrected chi connectivity index (χ0v) is 19.5. The van der Waals surface area contributed by atoms with Crippen molar-refractivity contribution in [3.63, 3.8) is 0 Å². The molecule has 5 rings (SSSR count). The van der Waals surface area contributed by atoms with Crippen LogP contribution in [0.15, 0.2) is 66.9 Å². The van der Waals surface area contributed by atoms with Crippen LogP contribution in [-0.4, -0.2) is 40.2 Å². The number of anilines is 1. The number of nitrogens with one attached hydrogen (secondary N) is 1. The predicted molar refractivity (Wildman–Crippen MR) is 134 cm³/mol. The molecule has 0 unspecified atom stereocenters. The number of ether oxygens (including phenoxy) is 1. The normalized spacial score (nSPS) is 18.5. The topological polar surface area (TPSA) is 85.4 Å². The molecule has 0 bridgehead atoms. The van der Waals surface area contributed by atoms with Gasteiger partial charge in [-0.05, 0) is 74.7 Å². The molecule has 7 nitrogen and oxygen atoms in total. The standard InChI is InChI=1S/C27H31N5O2/c1-2-16-31-17-13-19(14-18-31)23-12-15-29-27-24(26(28)33)25(30-32(23)27)20-8-10-22(11-9-20)34-21-6-4-3-5-7-21/h2-11,16,19,23,29H,12-15,17-18H2,1H3,(H2,28,33)/t23-/m0/s1. The van der Waals surface area contributed by atoms with Crippen LogP contribution in [0.5, 0.6) is 11.5 Å². The lowest BCUT2D eigenvalue weighted by Gasteiger charge is -2.38. The molecule has 1 amide bonds. The second-order valence-corrected chi connectivity index (χ2v) is 8.96. The molecule has 0 aliphatic carbocycles. The Labute approximate surface area is 200 Å². The van der Waals surface area contributed by atoms with Crippen LogP contribution < -0.4 is 15.8 Å². The summed E-state index contributed by atoms with van der Waals surface area (Å²) in [6.45, 7) is 4.97. The number of nitrogens with two attached hydrogens (primary N) is 1. The maximum atomic E-state index is 12.5. The number of amides is 1. The average molecular weight is 458 g/mol. The Morgan fingerprint density at radius 3 is 2.44 bits per heavy atom. The van der Waals surface area contributed by atoms with Crippen molar-refractivity contribution in [1.82, 2.24) is 14.7 Å². The summed E-state index contributed by atoms with van der Waals surface area (Å²) in [5, 5.41) is 8.35. The Kier molecular flexibility index (Phi) is 6.25. The van der Waals surface area contributed by atoms with E-state index in [1.807, 2.05) is 59.3 Å². The molecule has 0 spiro atoms. The summed E-state index contributed by atoms with van der Waals surface area (Å²) < 4.78 is 7.94. The van der Waals surface area contributed by atoms with Crippen LogP contribution in [0.25, 0.3) is 11.3 Å². The fourth-order valence-electron chi connectivity index (χ4n) is 5.14. The third kappa shape index (κ3) is 4.38. The van der Waals surface area contributed by atoms with Gasteiger partial charge in [0.2, 0.25) is 0 Å². The molecule has 3 aromatic rings. The first kappa shape index (κ1) is 22.1. The largest absolute Gasteiger partial charge is 0.457 e. The third-order valence-electron chi connectivity index (χ3n) is 6.79. The molecule has 7 heteroatoms. The molecule has 34 heavy (non-hydrogen) atoms. The zero-order valence-electron chi connectivity index (χ0n) is 19.5. The van der Waals surface area contributed by atoms with Gasteiger partial charge in [0, 0.05) is 25.2 Å². The minimum absolute atomic E-state index is 0.261. The molecule has 1 aromatic heterocycles. The number of benzene rings is 2. The fraction of sp³-hybridized carbons (Fsp3) is 0.333. The van der Waals surface area contributed by atoms with Crippen molar-refractivity contribution in [1.29, 1.82) is 0 Å². The smallest absolute Gasteiger partial charge is 0.254 e. The number of hydrogen-bond acceptors (Lipinski definition) is 5. The highest BCUT2D eigenvalue weighted by Gasteiger charge is 2.34. The number of para-hydroxylation sites is 1. The summed E-state index contributed by atoms with van der Waals surface area (Å²) in [5.41, 5.74) is 7.79. The van der Waals surface area contributed by atoms with E-state index in [1.54, 1.807) is 0 Å². The fourth-order valence-corrected chi connectivity index (χ4v) is 5.14. The van der Waals surface area contributed by atoms with Crippen LogP contribution in [0, 0.1) is 5.92 Å². The number of primary amides is 1. The first-order valence-electron chi connectivity index (χ1n) is 12.0. The molecule has 1 saturated heterocycles. The lowest BCUT2D eigenvalue weighted by molar-refractivity contribution is 0.100. The van der Waals surface area contributed by atoms with E-state index < -0.39 is 5.91 Å². The highest BCUT2D eigenvalue weighted by atomic mass is 16.5. The first-order chi connectivity index (χ1) is 16.6. The molecule has 3 heterocycles. The van der Waals surface area contributed by atoms with Gasteiger partial charge in [0.25, 0.3) is 5.91 Å². The number of carbonyl (C=O) groups excluding carboxylic acids is 1. The van der Waals surface area contributed by atoms with Gasteiger partial charge in [0.05, 0.1) is 6.04 Å². The van der Waals surface area contributed by atoms with Gasteiger partial charge in [-0.15, -0.1) is 0 Å². The van der Waals surface area contributed by atoms with Gasteiger partial charge in [-0.2, -0.15) is 5.10 Å². The molecule has 3 N–H and O–H groups in total. The number of carbonyl (C=O) groups is 1. The van der Waals surface area contributed by atoms with Crippen LogP contribution in [0.4, 0.5) is 5.82 Å². The molecular weight excluding hydrogens is 426 g/mol. The van der Waals surface area contributed by atoms with Gasteiger partial charge >= 0.3 is 0 Å². The average Bonchev–Trinajstić information content (AvgIpc) is 3.26. The molecule has 1 fully saturated rings. The molecule has 2 aromatic carbocycles. The van der Waals surface area contributed by atoms with Crippen molar-refractivity contribution in [2.24, 2.45) is 11.7 Å². The lowest BCUT2D eigenvalue weighted by atomic mass is 9.87. The van der Waals surface area contributed by atoms with E-state index >= 15 is 0 Å². The number of hydrogen-bond donors (Lipinski definition) is 2. The molecule has 2 aliphatic heterocycles. The molecule has 1 atom stereocenters. The van der Waals surface area contributed by atoms with E-state index in [0.717, 1.165) is 61.8 Å². The van der Waals surface area contributed by atoms with E-state index in [4.69, 9.17) is 15.6 Å². The lowest BCUT2D eigenvalue weighted by Crippen LogP contribution is -2.37. The van der Waals surface area contributed by atoms with Crippen LogP contribution >= 0.6 is 0 Å². The summed E-state index contributed by atoms with van der Waals surface area (Å²) in [6.07, 6.45) is 7.48. The number of rotatable bonds is 6. The molecule has 0 saturated carbocycles. The van der Waals surface area contributed by atoms with E-state index in [9.17, 15) is 4.79 Å². The summed E-state index contributed by atoms with van der Waals surface area (Å²) in [4.78, 5) is 14.9. The van der Waals surface area contributed by atoms with Gasteiger partial charge in [-0.1, -0.05) is 24.3 Å². The van der Waals surface area contributed by atoms with E-state index in [2.05, 4.69) is 29.4 Å². The summed E-state index contributed by atoms with van der Waals surface area (Å²) >= 11 is 0. The predicted octanol–water partition coefficient (Wildman–Crippen LogP) is 5.04. The number of nitrogens with zero attached hydrogens (tertiary/aromatic N) is 3. The van der Waals surface area contributed by atoms with Gasteiger partial charge in [0.1, 0.15) is 28.6 Å². The van der Waals surface area contributed by atoms with Crippen molar-refractivity contribution in [2.45, 2.75) is 32.2 Å². The summed E-state index contributed by atoms with van der Waals surface area (Å²) in [5.74, 6) is 2.31. The molecular formula is C27H31N5O2. The Bertz CT molecular complexity index is 1160. The highest BCUT2D eigenvalue weighted by molar-refractivity contribution is 6.03. The number of piperidine rings is 1.